The van der Waals surface area contributed by atoms with Gasteiger partial charge in [0.1, 0.15) is 11.5 Å². The van der Waals surface area contributed by atoms with Gasteiger partial charge in [0.25, 0.3) is 0 Å². The van der Waals surface area contributed by atoms with E-state index in [0.29, 0.717) is 4.99 Å². The van der Waals surface area contributed by atoms with Crippen LogP contribution in [0.2, 0.25) is 0 Å². The van der Waals surface area contributed by atoms with Gasteiger partial charge in [-0.2, -0.15) is 0 Å². The number of fused-ring (bicyclic) bond motifs is 1. The third kappa shape index (κ3) is 2.93. The van der Waals surface area contributed by atoms with Crippen LogP contribution in [0.3, 0.4) is 0 Å². The lowest BCUT2D eigenvalue weighted by molar-refractivity contribution is -0.137. The second kappa shape index (κ2) is 5.67. The molecule has 0 fully saturated rings. The highest BCUT2D eigenvalue weighted by atomic mass is 79.9. The topological polar surface area (TPSA) is 40.5 Å². The lowest BCUT2D eigenvalue weighted by Gasteiger charge is -2.19. The second-order valence-corrected chi connectivity index (χ2v) is 5.44. The van der Waals surface area contributed by atoms with E-state index in [1.54, 1.807) is 11.9 Å². The Morgan fingerprint density at radius 1 is 1.32 bits per heavy atom. The van der Waals surface area contributed by atoms with E-state index in [4.69, 9.17) is 17.3 Å². The van der Waals surface area contributed by atoms with Gasteiger partial charge in [0.2, 0.25) is 0 Å². The molecule has 0 saturated heterocycles. The number of thiocarbonyl (C=S) groups is 1. The number of carboxylic acid groups (broad SMARTS) is 1. The summed E-state index contributed by atoms with van der Waals surface area (Å²) in [7, 11) is 1.69. The van der Waals surface area contributed by atoms with Crippen LogP contribution in [0.15, 0.2) is 40.9 Å². The van der Waals surface area contributed by atoms with Crippen molar-refractivity contribution in [1.82, 2.24) is 4.90 Å². The predicted octanol–water partition coefficient (Wildman–Crippen LogP) is 3.29. The van der Waals surface area contributed by atoms with E-state index < -0.39 is 5.97 Å². The highest BCUT2D eigenvalue weighted by molar-refractivity contribution is 9.10. The number of halogens is 1. The molecule has 0 saturated carbocycles. The van der Waals surface area contributed by atoms with Crippen molar-refractivity contribution in [2.75, 3.05) is 13.6 Å². The van der Waals surface area contributed by atoms with Crippen LogP contribution in [0.1, 0.15) is 5.56 Å². The summed E-state index contributed by atoms with van der Waals surface area (Å²) >= 11 is 8.91. The Kier molecular flexibility index (Phi) is 4.17. The van der Waals surface area contributed by atoms with E-state index in [9.17, 15) is 4.79 Å². The minimum Gasteiger partial charge on any atom is -0.480 e. The zero-order valence-electron chi connectivity index (χ0n) is 10.3. The molecule has 2 aromatic rings. The molecule has 0 aliphatic rings. The van der Waals surface area contributed by atoms with E-state index >= 15 is 0 Å². The highest BCUT2D eigenvalue weighted by Crippen LogP contribution is 2.28. The molecular formula is C14H12BrNO2S. The van der Waals surface area contributed by atoms with Crippen molar-refractivity contribution in [3.8, 4) is 0 Å². The largest absolute Gasteiger partial charge is 0.480 e. The summed E-state index contributed by atoms with van der Waals surface area (Å²) in [6, 6.07) is 11.7. The number of likely N-dealkylation sites (N-methyl/N-ethyl adjacent to an activating group) is 1. The van der Waals surface area contributed by atoms with Gasteiger partial charge < -0.3 is 10.0 Å². The molecule has 0 bridgehead atoms. The maximum absolute atomic E-state index is 10.8. The van der Waals surface area contributed by atoms with Gasteiger partial charge in [0, 0.05) is 22.5 Å². The zero-order valence-corrected chi connectivity index (χ0v) is 12.7. The van der Waals surface area contributed by atoms with Crippen molar-refractivity contribution < 1.29 is 9.90 Å². The fraction of sp³-hybridized carbons (Fsp3) is 0.143. The first-order chi connectivity index (χ1) is 9.00. The van der Waals surface area contributed by atoms with Crippen molar-refractivity contribution >= 4 is 49.9 Å². The predicted molar refractivity (Wildman–Crippen MR) is 83.6 cm³/mol. The quantitative estimate of drug-likeness (QED) is 0.872. The molecule has 0 spiro atoms. The molecule has 0 radical (unpaired) electrons. The van der Waals surface area contributed by atoms with Crippen molar-refractivity contribution in [2.45, 2.75) is 0 Å². The van der Waals surface area contributed by atoms with Crippen molar-refractivity contribution in [2.24, 2.45) is 0 Å². The highest BCUT2D eigenvalue weighted by Gasteiger charge is 2.14. The van der Waals surface area contributed by atoms with E-state index in [1.165, 1.54) is 0 Å². The second-order valence-electron chi connectivity index (χ2n) is 4.20. The molecule has 2 aromatic carbocycles. The van der Waals surface area contributed by atoms with Crippen LogP contribution < -0.4 is 0 Å². The third-order valence-electron chi connectivity index (χ3n) is 2.80. The van der Waals surface area contributed by atoms with Gasteiger partial charge in [-0.3, -0.25) is 4.79 Å². The minimum atomic E-state index is -0.899. The minimum absolute atomic E-state index is 0.111. The fourth-order valence-electron chi connectivity index (χ4n) is 1.95. The van der Waals surface area contributed by atoms with Crippen molar-refractivity contribution in [3.63, 3.8) is 0 Å². The molecule has 0 aromatic heterocycles. The van der Waals surface area contributed by atoms with Gasteiger partial charge in [-0.25, -0.2) is 0 Å². The number of aliphatic carboxylic acids is 1. The maximum atomic E-state index is 10.8. The van der Waals surface area contributed by atoms with Gasteiger partial charge in [-0.1, -0.05) is 58.5 Å². The normalized spacial score (nSPS) is 10.4. The molecule has 98 valence electrons. The molecule has 0 atom stereocenters. The Labute approximate surface area is 125 Å². The summed E-state index contributed by atoms with van der Waals surface area (Å²) in [5, 5.41) is 10.9. The number of carbonyl (C=O) groups is 1. The first kappa shape index (κ1) is 14.0. The SMILES string of the molecule is CN(CC(=O)O)C(=S)c1cccc2cccc(Br)c12. The summed E-state index contributed by atoms with van der Waals surface area (Å²) in [6.45, 7) is -0.111. The molecule has 0 heterocycles. The molecule has 0 unspecified atom stereocenters. The Morgan fingerprint density at radius 3 is 2.58 bits per heavy atom. The first-order valence-corrected chi connectivity index (χ1v) is 6.85. The van der Waals surface area contributed by atoms with Crippen LogP contribution in [0.4, 0.5) is 0 Å². The Bertz CT molecular complexity index is 652. The average Bonchev–Trinajstić information content (AvgIpc) is 2.36. The van der Waals surface area contributed by atoms with Crippen LogP contribution in [-0.4, -0.2) is 34.6 Å². The third-order valence-corrected chi connectivity index (χ3v) is 4.00. The van der Waals surface area contributed by atoms with E-state index in [-0.39, 0.29) is 6.54 Å². The van der Waals surface area contributed by atoms with Crippen LogP contribution in [0.5, 0.6) is 0 Å². The smallest absolute Gasteiger partial charge is 0.323 e. The number of benzene rings is 2. The lowest BCUT2D eigenvalue weighted by atomic mass is 10.0. The monoisotopic (exact) mass is 337 g/mol. The molecular weight excluding hydrogens is 326 g/mol. The number of carboxylic acids is 1. The number of nitrogens with zero attached hydrogens (tertiary/aromatic N) is 1. The van der Waals surface area contributed by atoms with Crippen LogP contribution in [-0.2, 0) is 4.79 Å². The van der Waals surface area contributed by atoms with Crippen LogP contribution in [0.25, 0.3) is 10.8 Å². The van der Waals surface area contributed by atoms with Gasteiger partial charge >= 0.3 is 5.97 Å². The Balaban J connectivity index is 2.51. The van der Waals surface area contributed by atoms with Crippen LogP contribution >= 0.6 is 28.1 Å². The van der Waals surface area contributed by atoms with Gasteiger partial charge in [-0.15, -0.1) is 0 Å². The fourth-order valence-corrected chi connectivity index (χ4v) is 2.78. The molecule has 0 aliphatic heterocycles. The Morgan fingerprint density at radius 2 is 1.95 bits per heavy atom. The van der Waals surface area contributed by atoms with E-state index in [0.717, 1.165) is 20.8 Å². The summed E-state index contributed by atoms with van der Waals surface area (Å²) in [6.07, 6.45) is 0. The molecule has 5 heteroatoms. The zero-order chi connectivity index (χ0) is 14.0. The molecule has 19 heavy (non-hydrogen) atoms. The van der Waals surface area contributed by atoms with Gasteiger partial charge in [0.05, 0.1) is 0 Å². The lowest BCUT2D eigenvalue weighted by Crippen LogP contribution is -2.31. The molecule has 2 rings (SSSR count). The average molecular weight is 338 g/mol. The number of hydrogen-bond acceptors (Lipinski definition) is 2. The van der Waals surface area contributed by atoms with Crippen molar-refractivity contribution in [1.29, 1.82) is 0 Å². The number of rotatable bonds is 3. The van der Waals surface area contributed by atoms with Gasteiger partial charge in [0.15, 0.2) is 0 Å². The Hall–Kier alpha value is -1.46. The van der Waals surface area contributed by atoms with E-state index in [2.05, 4.69) is 15.9 Å². The molecule has 0 aliphatic carbocycles. The molecule has 1 N–H and O–H groups in total. The summed E-state index contributed by atoms with van der Waals surface area (Å²) in [5.74, 6) is -0.899. The van der Waals surface area contributed by atoms with E-state index in [1.807, 2.05) is 36.4 Å². The molecule has 0 amide bonds. The first-order valence-electron chi connectivity index (χ1n) is 5.65. The number of hydrogen-bond donors (Lipinski definition) is 1. The summed E-state index contributed by atoms with van der Waals surface area (Å²) in [4.78, 5) is 12.9. The van der Waals surface area contributed by atoms with Crippen LogP contribution in [0, 0.1) is 0 Å². The molecule has 3 nitrogen and oxygen atoms in total. The van der Waals surface area contributed by atoms with Crippen molar-refractivity contribution in [3.05, 3.63) is 46.4 Å². The summed E-state index contributed by atoms with van der Waals surface area (Å²) in [5.41, 5.74) is 0.865. The van der Waals surface area contributed by atoms with Gasteiger partial charge in [-0.05, 0) is 11.5 Å². The maximum Gasteiger partial charge on any atom is 0.323 e. The standard InChI is InChI=1S/C14H12BrNO2S/c1-16(8-12(17)18)14(19)10-6-2-4-9-5-3-7-11(15)13(9)10/h2-7H,8H2,1H3,(H,17,18). The summed E-state index contributed by atoms with van der Waals surface area (Å²) < 4.78 is 0.951.